The smallest absolute Gasteiger partial charge is 0.258 e. The second-order valence-corrected chi connectivity index (χ2v) is 5.92. The molecule has 1 aromatic carbocycles. The van der Waals surface area contributed by atoms with Gasteiger partial charge in [0.15, 0.2) is 11.5 Å². The maximum Gasteiger partial charge on any atom is 0.258 e. The lowest BCUT2D eigenvalue weighted by Gasteiger charge is -2.15. The van der Waals surface area contributed by atoms with E-state index in [4.69, 9.17) is 13.9 Å². The molecule has 0 atom stereocenters. The number of benzene rings is 1. The van der Waals surface area contributed by atoms with Crippen molar-refractivity contribution in [1.29, 1.82) is 0 Å². The maximum absolute atomic E-state index is 12.4. The Morgan fingerprint density at radius 2 is 1.88 bits per heavy atom. The molecule has 2 aromatic heterocycles. The Morgan fingerprint density at radius 3 is 2.52 bits per heavy atom. The molecule has 0 aliphatic heterocycles. The third kappa shape index (κ3) is 3.66. The van der Waals surface area contributed by atoms with E-state index in [1.165, 1.54) is 7.11 Å². The number of fused-ring (bicyclic) bond motifs is 1. The van der Waals surface area contributed by atoms with E-state index in [0.717, 1.165) is 11.5 Å². The van der Waals surface area contributed by atoms with Crippen LogP contribution in [0.4, 0.5) is 0 Å². The molecule has 25 heavy (non-hydrogen) atoms. The zero-order valence-corrected chi connectivity index (χ0v) is 14.8. The average Bonchev–Trinajstić information content (AvgIpc) is 2.98. The number of H-pyrrole nitrogens is 1. The van der Waals surface area contributed by atoms with Crippen molar-refractivity contribution in [1.82, 2.24) is 14.9 Å². The van der Waals surface area contributed by atoms with Gasteiger partial charge in [-0.2, -0.15) is 0 Å². The van der Waals surface area contributed by atoms with Crippen molar-refractivity contribution in [3.05, 3.63) is 52.0 Å². The highest BCUT2D eigenvalue weighted by Gasteiger charge is 2.12. The van der Waals surface area contributed by atoms with Gasteiger partial charge in [0, 0.05) is 6.07 Å². The predicted octanol–water partition coefficient (Wildman–Crippen LogP) is 2.47. The lowest BCUT2D eigenvalue weighted by Crippen LogP contribution is -2.21. The summed E-state index contributed by atoms with van der Waals surface area (Å²) in [7, 11) is 5.03. The Bertz CT molecular complexity index is 945. The van der Waals surface area contributed by atoms with Gasteiger partial charge in [0.25, 0.3) is 5.56 Å². The van der Waals surface area contributed by atoms with Gasteiger partial charge in [-0.25, -0.2) is 4.98 Å². The molecule has 3 rings (SSSR count). The third-order valence-corrected chi connectivity index (χ3v) is 3.90. The van der Waals surface area contributed by atoms with Gasteiger partial charge in [0.2, 0.25) is 0 Å². The number of methoxy groups -OCH3 is 2. The number of nitrogens with one attached hydrogen (secondary N) is 1. The molecule has 1 N–H and O–H groups in total. The van der Waals surface area contributed by atoms with Gasteiger partial charge in [-0.3, -0.25) is 9.69 Å². The van der Waals surface area contributed by atoms with Gasteiger partial charge >= 0.3 is 0 Å². The minimum absolute atomic E-state index is 0.205. The highest BCUT2D eigenvalue weighted by atomic mass is 16.5. The maximum atomic E-state index is 12.4. The van der Waals surface area contributed by atoms with Crippen molar-refractivity contribution in [2.24, 2.45) is 0 Å². The molecule has 0 aliphatic rings. The number of ether oxygens (including phenoxy) is 2. The van der Waals surface area contributed by atoms with Crippen molar-refractivity contribution in [2.45, 2.75) is 20.0 Å². The largest absolute Gasteiger partial charge is 0.493 e. The molecule has 0 unspecified atom stereocenters. The fourth-order valence-corrected chi connectivity index (χ4v) is 2.74. The van der Waals surface area contributed by atoms with Crippen molar-refractivity contribution >= 4 is 10.9 Å². The van der Waals surface area contributed by atoms with Crippen molar-refractivity contribution < 1.29 is 13.9 Å². The molecule has 3 aromatic rings. The topological polar surface area (TPSA) is 80.6 Å². The van der Waals surface area contributed by atoms with Crippen LogP contribution in [0.1, 0.15) is 17.3 Å². The molecule has 0 fully saturated rings. The van der Waals surface area contributed by atoms with E-state index in [2.05, 4.69) is 9.97 Å². The van der Waals surface area contributed by atoms with E-state index in [9.17, 15) is 4.79 Å². The summed E-state index contributed by atoms with van der Waals surface area (Å²) < 4.78 is 16.1. The van der Waals surface area contributed by atoms with Gasteiger partial charge in [-0.05, 0) is 32.2 Å². The standard InChI is InChI=1S/C18H21N3O4/c1-11-5-6-12(25-11)9-21(2)10-17-19-14-8-16(24-4)15(23-3)7-13(14)18(22)20-17/h5-8H,9-10H2,1-4H3,(H,19,20,22). The molecule has 2 heterocycles. The number of aromatic nitrogens is 2. The van der Waals surface area contributed by atoms with Gasteiger partial charge < -0.3 is 18.9 Å². The number of aromatic amines is 1. The van der Waals surface area contributed by atoms with E-state index in [1.54, 1.807) is 19.2 Å². The van der Waals surface area contributed by atoms with Crippen LogP contribution in [-0.2, 0) is 13.1 Å². The van der Waals surface area contributed by atoms with Crippen LogP contribution in [0.2, 0.25) is 0 Å². The monoisotopic (exact) mass is 343 g/mol. The van der Waals surface area contributed by atoms with E-state index in [-0.39, 0.29) is 5.56 Å². The lowest BCUT2D eigenvalue weighted by atomic mass is 10.2. The lowest BCUT2D eigenvalue weighted by molar-refractivity contribution is 0.279. The number of hydrogen-bond acceptors (Lipinski definition) is 6. The Hall–Kier alpha value is -2.80. The fraction of sp³-hybridized carbons (Fsp3) is 0.333. The number of rotatable bonds is 6. The van der Waals surface area contributed by atoms with Crippen LogP contribution in [0, 0.1) is 6.92 Å². The highest BCUT2D eigenvalue weighted by Crippen LogP contribution is 2.29. The van der Waals surface area contributed by atoms with E-state index < -0.39 is 0 Å². The van der Waals surface area contributed by atoms with Crippen LogP contribution in [0.25, 0.3) is 10.9 Å². The van der Waals surface area contributed by atoms with Gasteiger partial charge in [0.05, 0.1) is 38.2 Å². The molecule has 0 spiro atoms. The third-order valence-electron chi connectivity index (χ3n) is 3.90. The Balaban J connectivity index is 1.88. The number of furan rings is 1. The van der Waals surface area contributed by atoms with Crippen LogP contribution in [0.3, 0.4) is 0 Å². The average molecular weight is 343 g/mol. The Kier molecular flexibility index (Phi) is 4.76. The first-order chi connectivity index (χ1) is 12.0. The predicted molar refractivity (Wildman–Crippen MR) is 94.1 cm³/mol. The first kappa shape index (κ1) is 17.0. The second-order valence-electron chi connectivity index (χ2n) is 5.92. The molecule has 0 bridgehead atoms. The molecular weight excluding hydrogens is 322 g/mol. The SMILES string of the molecule is COc1cc2nc(CN(C)Cc3ccc(C)o3)[nH]c(=O)c2cc1OC. The summed E-state index contributed by atoms with van der Waals surface area (Å²) in [5, 5.41) is 0.464. The number of aryl methyl sites for hydroxylation is 1. The summed E-state index contributed by atoms with van der Waals surface area (Å²) in [5.74, 6) is 3.37. The summed E-state index contributed by atoms with van der Waals surface area (Å²) in [6, 6.07) is 7.22. The minimum atomic E-state index is -0.205. The summed E-state index contributed by atoms with van der Waals surface area (Å²) >= 11 is 0. The van der Waals surface area contributed by atoms with E-state index in [1.807, 2.05) is 31.0 Å². The summed E-state index contributed by atoms with van der Waals surface area (Å²) in [6.45, 7) is 3.02. The Labute approximate surface area is 145 Å². The summed E-state index contributed by atoms with van der Waals surface area (Å²) in [6.07, 6.45) is 0. The van der Waals surface area contributed by atoms with Crippen LogP contribution < -0.4 is 15.0 Å². The van der Waals surface area contributed by atoms with Crippen molar-refractivity contribution in [3.8, 4) is 11.5 Å². The van der Waals surface area contributed by atoms with Gasteiger partial charge in [0.1, 0.15) is 17.3 Å². The molecule has 132 valence electrons. The van der Waals surface area contributed by atoms with Gasteiger partial charge in [-0.1, -0.05) is 0 Å². The van der Waals surface area contributed by atoms with Crippen LogP contribution >= 0.6 is 0 Å². The quantitative estimate of drug-likeness (QED) is 0.740. The van der Waals surface area contributed by atoms with Crippen molar-refractivity contribution in [2.75, 3.05) is 21.3 Å². The molecule has 7 nitrogen and oxygen atoms in total. The van der Waals surface area contributed by atoms with E-state index in [0.29, 0.717) is 41.3 Å². The fourth-order valence-electron chi connectivity index (χ4n) is 2.74. The molecule has 0 aliphatic carbocycles. The number of hydrogen-bond donors (Lipinski definition) is 1. The molecule has 0 radical (unpaired) electrons. The molecule has 7 heteroatoms. The summed E-state index contributed by atoms with van der Waals surface area (Å²) in [5.41, 5.74) is 0.363. The van der Waals surface area contributed by atoms with Gasteiger partial charge in [-0.15, -0.1) is 0 Å². The molecule has 0 saturated heterocycles. The van der Waals surface area contributed by atoms with Crippen LogP contribution in [-0.4, -0.2) is 36.1 Å². The zero-order chi connectivity index (χ0) is 18.0. The minimum Gasteiger partial charge on any atom is -0.493 e. The Morgan fingerprint density at radius 1 is 1.16 bits per heavy atom. The number of nitrogens with zero attached hydrogens (tertiary/aromatic N) is 2. The second kappa shape index (κ2) is 6.98. The van der Waals surface area contributed by atoms with Crippen LogP contribution in [0.5, 0.6) is 11.5 Å². The molecule has 0 amide bonds. The normalized spacial score (nSPS) is 11.2. The molecule has 0 saturated carbocycles. The van der Waals surface area contributed by atoms with Crippen molar-refractivity contribution in [3.63, 3.8) is 0 Å². The molecular formula is C18H21N3O4. The zero-order valence-electron chi connectivity index (χ0n) is 14.8. The highest BCUT2D eigenvalue weighted by molar-refractivity contribution is 5.81. The first-order valence-corrected chi connectivity index (χ1v) is 7.89. The van der Waals surface area contributed by atoms with Crippen LogP contribution in [0.15, 0.2) is 33.5 Å². The first-order valence-electron chi connectivity index (χ1n) is 7.89. The van der Waals surface area contributed by atoms with E-state index >= 15 is 0 Å². The summed E-state index contributed by atoms with van der Waals surface area (Å²) in [4.78, 5) is 21.8.